The normalized spacial score (nSPS) is 28.2. The fraction of sp³-hybridized carbons (Fsp3) is 0.562. The summed E-state index contributed by atoms with van der Waals surface area (Å²) < 4.78 is 5.78. The van der Waals surface area contributed by atoms with Gasteiger partial charge in [0.2, 0.25) is 5.91 Å². The van der Waals surface area contributed by atoms with E-state index in [1.807, 2.05) is 42.2 Å². The highest BCUT2D eigenvalue weighted by Gasteiger charge is 2.37. The van der Waals surface area contributed by atoms with Crippen LogP contribution in [0.1, 0.15) is 31.4 Å². The summed E-state index contributed by atoms with van der Waals surface area (Å²) in [5.74, 6) is -0.0450. The Balaban J connectivity index is 1.67. The van der Waals surface area contributed by atoms with E-state index in [0.717, 1.165) is 31.5 Å². The van der Waals surface area contributed by atoms with Gasteiger partial charge in [0.05, 0.1) is 18.1 Å². The Hall–Kier alpha value is -1.39. The molecule has 0 radical (unpaired) electrons. The fourth-order valence-corrected chi connectivity index (χ4v) is 3.20. The quantitative estimate of drug-likeness (QED) is 0.913. The number of morpholine rings is 1. The van der Waals surface area contributed by atoms with E-state index in [0.29, 0.717) is 0 Å². The van der Waals surface area contributed by atoms with Crippen molar-refractivity contribution < 1.29 is 9.53 Å². The van der Waals surface area contributed by atoms with Gasteiger partial charge in [0.15, 0.2) is 0 Å². The van der Waals surface area contributed by atoms with E-state index in [9.17, 15) is 4.79 Å². The molecule has 2 saturated heterocycles. The molecule has 0 spiro atoms. The maximum atomic E-state index is 12.6. The number of likely N-dealkylation sites (tertiary alicyclic amines) is 1. The third kappa shape index (κ3) is 2.58. The molecule has 2 bridgehead atoms. The molecular formula is C16H22N2O2. The van der Waals surface area contributed by atoms with Gasteiger partial charge in [-0.15, -0.1) is 0 Å². The second kappa shape index (κ2) is 5.54. The molecule has 2 aliphatic heterocycles. The molecule has 0 aliphatic carbocycles. The fourth-order valence-electron chi connectivity index (χ4n) is 3.20. The smallest absolute Gasteiger partial charge is 0.227 e. The van der Waals surface area contributed by atoms with Crippen LogP contribution in [0.3, 0.4) is 0 Å². The third-order valence-corrected chi connectivity index (χ3v) is 4.47. The summed E-state index contributed by atoms with van der Waals surface area (Å²) in [4.78, 5) is 14.6. The standard InChI is InChI=1S/C16H22N2O2/c1-11(15(17)12-5-3-2-4-6-12)16(19)18-9-13-7-8-14(10-18)20-13/h2-6,11,13-15H,7-10,17H2,1H3. The van der Waals surface area contributed by atoms with Crippen molar-refractivity contribution in [1.82, 2.24) is 4.90 Å². The van der Waals surface area contributed by atoms with Crippen LogP contribution in [0.5, 0.6) is 0 Å². The van der Waals surface area contributed by atoms with Crippen LogP contribution in [0.4, 0.5) is 0 Å². The van der Waals surface area contributed by atoms with E-state index in [4.69, 9.17) is 10.5 Å². The molecule has 4 heteroatoms. The average molecular weight is 274 g/mol. The van der Waals surface area contributed by atoms with Crippen molar-refractivity contribution in [1.29, 1.82) is 0 Å². The van der Waals surface area contributed by atoms with E-state index < -0.39 is 0 Å². The minimum absolute atomic E-state index is 0.154. The van der Waals surface area contributed by atoms with Gasteiger partial charge in [-0.3, -0.25) is 4.79 Å². The number of rotatable bonds is 3. The maximum Gasteiger partial charge on any atom is 0.227 e. The molecule has 2 fully saturated rings. The summed E-state index contributed by atoms with van der Waals surface area (Å²) in [5.41, 5.74) is 7.27. The van der Waals surface area contributed by atoms with Crippen LogP contribution in [0.15, 0.2) is 30.3 Å². The molecule has 4 nitrogen and oxygen atoms in total. The highest BCUT2D eigenvalue weighted by atomic mass is 16.5. The van der Waals surface area contributed by atoms with Crippen LogP contribution in [0, 0.1) is 5.92 Å². The average Bonchev–Trinajstić information content (AvgIpc) is 2.84. The lowest BCUT2D eigenvalue weighted by molar-refractivity contribution is -0.144. The van der Waals surface area contributed by atoms with Gasteiger partial charge in [0.1, 0.15) is 0 Å². The predicted molar refractivity (Wildman–Crippen MR) is 77.0 cm³/mol. The van der Waals surface area contributed by atoms with E-state index in [2.05, 4.69) is 0 Å². The maximum absolute atomic E-state index is 12.6. The molecule has 1 aromatic carbocycles. The first kappa shape index (κ1) is 13.6. The Morgan fingerprint density at radius 1 is 1.25 bits per heavy atom. The van der Waals surface area contributed by atoms with Crippen LogP contribution in [0.25, 0.3) is 0 Å². The number of carbonyl (C=O) groups is 1. The molecule has 2 N–H and O–H groups in total. The van der Waals surface area contributed by atoms with Crippen LogP contribution >= 0.6 is 0 Å². The Kier molecular flexibility index (Phi) is 3.76. The van der Waals surface area contributed by atoms with Crippen molar-refractivity contribution >= 4 is 5.91 Å². The number of hydrogen-bond acceptors (Lipinski definition) is 3. The number of ether oxygens (including phenoxy) is 1. The van der Waals surface area contributed by atoms with Crippen molar-refractivity contribution in [2.75, 3.05) is 13.1 Å². The number of nitrogens with zero attached hydrogens (tertiary/aromatic N) is 1. The topological polar surface area (TPSA) is 55.6 Å². The first-order valence-corrected chi connectivity index (χ1v) is 7.40. The van der Waals surface area contributed by atoms with Crippen LogP contribution in [0.2, 0.25) is 0 Å². The zero-order valence-corrected chi connectivity index (χ0v) is 11.9. The summed E-state index contributed by atoms with van der Waals surface area (Å²) in [7, 11) is 0. The summed E-state index contributed by atoms with van der Waals surface area (Å²) in [5, 5.41) is 0. The second-order valence-electron chi connectivity index (χ2n) is 5.93. The van der Waals surface area contributed by atoms with Gasteiger partial charge in [0, 0.05) is 19.1 Å². The van der Waals surface area contributed by atoms with Crippen molar-refractivity contribution in [3.63, 3.8) is 0 Å². The van der Waals surface area contributed by atoms with Gasteiger partial charge >= 0.3 is 0 Å². The van der Waals surface area contributed by atoms with E-state index in [1.54, 1.807) is 0 Å². The molecule has 4 unspecified atom stereocenters. The van der Waals surface area contributed by atoms with E-state index >= 15 is 0 Å². The largest absolute Gasteiger partial charge is 0.371 e. The lowest BCUT2D eigenvalue weighted by Crippen LogP contribution is -2.49. The van der Waals surface area contributed by atoms with Gasteiger partial charge in [-0.2, -0.15) is 0 Å². The molecule has 20 heavy (non-hydrogen) atoms. The number of fused-ring (bicyclic) bond motifs is 2. The van der Waals surface area contributed by atoms with Gasteiger partial charge in [-0.05, 0) is 18.4 Å². The molecule has 1 aromatic rings. The zero-order chi connectivity index (χ0) is 14.1. The number of hydrogen-bond donors (Lipinski definition) is 1. The lowest BCUT2D eigenvalue weighted by atomic mass is 9.94. The Morgan fingerprint density at radius 3 is 2.45 bits per heavy atom. The zero-order valence-electron chi connectivity index (χ0n) is 11.9. The van der Waals surface area contributed by atoms with Crippen LogP contribution < -0.4 is 5.73 Å². The van der Waals surface area contributed by atoms with Gasteiger partial charge < -0.3 is 15.4 Å². The van der Waals surface area contributed by atoms with Crippen LogP contribution in [-0.4, -0.2) is 36.1 Å². The first-order valence-electron chi connectivity index (χ1n) is 7.40. The minimum atomic E-state index is -0.246. The molecule has 1 amide bonds. The monoisotopic (exact) mass is 274 g/mol. The molecule has 108 valence electrons. The Morgan fingerprint density at radius 2 is 1.85 bits per heavy atom. The third-order valence-electron chi connectivity index (χ3n) is 4.47. The molecule has 4 atom stereocenters. The van der Waals surface area contributed by atoms with Crippen LogP contribution in [-0.2, 0) is 9.53 Å². The summed E-state index contributed by atoms with van der Waals surface area (Å²) >= 11 is 0. The predicted octanol–water partition coefficient (Wildman–Crippen LogP) is 1.71. The number of nitrogens with two attached hydrogens (primary N) is 1. The lowest BCUT2D eigenvalue weighted by Gasteiger charge is -2.35. The van der Waals surface area contributed by atoms with Gasteiger partial charge in [-0.1, -0.05) is 37.3 Å². The van der Waals surface area contributed by atoms with E-state index in [1.165, 1.54) is 0 Å². The van der Waals surface area contributed by atoms with Crippen molar-refractivity contribution in [3.8, 4) is 0 Å². The van der Waals surface area contributed by atoms with Crippen molar-refractivity contribution in [2.24, 2.45) is 11.7 Å². The highest BCUT2D eigenvalue weighted by Crippen LogP contribution is 2.29. The summed E-state index contributed by atoms with van der Waals surface area (Å²) in [6, 6.07) is 9.60. The number of carbonyl (C=O) groups excluding carboxylic acids is 1. The molecule has 2 aliphatic rings. The number of amides is 1. The summed E-state index contributed by atoms with van der Waals surface area (Å²) in [6.07, 6.45) is 2.62. The second-order valence-corrected chi connectivity index (χ2v) is 5.93. The Bertz CT molecular complexity index is 465. The first-order chi connectivity index (χ1) is 9.65. The van der Waals surface area contributed by atoms with Gasteiger partial charge in [-0.25, -0.2) is 0 Å². The molecule has 0 aromatic heterocycles. The highest BCUT2D eigenvalue weighted by molar-refractivity contribution is 5.79. The molecule has 2 heterocycles. The minimum Gasteiger partial charge on any atom is -0.371 e. The molecule has 0 saturated carbocycles. The molecular weight excluding hydrogens is 252 g/mol. The number of benzene rings is 1. The Labute approximate surface area is 119 Å². The SMILES string of the molecule is CC(C(=O)N1CC2CCC(C1)O2)C(N)c1ccccc1. The molecule has 3 rings (SSSR count). The van der Waals surface area contributed by atoms with Gasteiger partial charge in [0.25, 0.3) is 0 Å². The summed E-state index contributed by atoms with van der Waals surface area (Å²) in [6.45, 7) is 3.37. The van der Waals surface area contributed by atoms with E-state index in [-0.39, 0.29) is 30.1 Å². The van der Waals surface area contributed by atoms with Crippen molar-refractivity contribution in [3.05, 3.63) is 35.9 Å². The van der Waals surface area contributed by atoms with Crippen molar-refractivity contribution in [2.45, 2.75) is 38.0 Å².